The molecule has 1 aliphatic rings. The van der Waals surface area contributed by atoms with Gasteiger partial charge in [0.25, 0.3) is 0 Å². The summed E-state index contributed by atoms with van der Waals surface area (Å²) in [6.45, 7) is 2.77. The number of imidazole rings is 1. The lowest BCUT2D eigenvalue weighted by atomic mass is 10.1. The quantitative estimate of drug-likeness (QED) is 0.786. The summed E-state index contributed by atoms with van der Waals surface area (Å²) in [6, 6.07) is 10.1. The number of likely N-dealkylation sites (tertiary alicyclic amines) is 1. The van der Waals surface area contributed by atoms with Crippen LogP contribution in [0.1, 0.15) is 35.8 Å². The molecule has 1 amide bonds. The Morgan fingerprint density at radius 1 is 1.35 bits per heavy atom. The van der Waals surface area contributed by atoms with Crippen molar-refractivity contribution in [1.82, 2.24) is 19.3 Å². The molecule has 1 fully saturated rings. The highest BCUT2D eigenvalue weighted by Crippen LogP contribution is 2.33. The van der Waals surface area contributed by atoms with E-state index < -0.39 is 0 Å². The Hall–Kier alpha value is -2.89. The zero-order chi connectivity index (χ0) is 18.1. The van der Waals surface area contributed by atoms with Crippen molar-refractivity contribution in [3.8, 4) is 0 Å². The first-order valence-electron chi connectivity index (χ1n) is 9.03. The van der Waals surface area contributed by atoms with Crippen LogP contribution in [0.5, 0.6) is 0 Å². The highest BCUT2D eigenvalue weighted by Gasteiger charge is 2.30. The zero-order valence-electron chi connectivity index (χ0n) is 15.1. The molecule has 134 valence electrons. The van der Waals surface area contributed by atoms with Crippen LogP contribution in [-0.4, -0.2) is 38.8 Å². The number of nitrogens with one attached hydrogen (secondary N) is 1. The maximum atomic E-state index is 13.1. The van der Waals surface area contributed by atoms with Gasteiger partial charge in [0.2, 0.25) is 5.91 Å². The topological polar surface area (TPSA) is 62.5 Å². The Bertz CT molecular complexity index is 948. The molecule has 3 aromatic heterocycles. The predicted molar refractivity (Wildman–Crippen MR) is 101 cm³/mol. The summed E-state index contributed by atoms with van der Waals surface area (Å²) in [7, 11) is 1.86. The minimum absolute atomic E-state index is 0.122. The zero-order valence-corrected chi connectivity index (χ0v) is 15.1. The van der Waals surface area contributed by atoms with Crippen LogP contribution in [0.2, 0.25) is 0 Å². The average Bonchev–Trinajstić information content (AvgIpc) is 3.27. The van der Waals surface area contributed by atoms with Crippen molar-refractivity contribution in [1.29, 1.82) is 0 Å². The number of carbonyl (C=O) groups excluding carboxylic acids is 1. The van der Waals surface area contributed by atoms with Gasteiger partial charge >= 0.3 is 0 Å². The molecule has 0 saturated carbocycles. The number of hydrogen-bond acceptors (Lipinski definition) is 4. The molecule has 4 rings (SSSR count). The van der Waals surface area contributed by atoms with E-state index in [1.54, 1.807) is 6.20 Å². The Morgan fingerprint density at radius 3 is 3.08 bits per heavy atom. The molecule has 0 aliphatic carbocycles. The molecule has 1 atom stereocenters. The fourth-order valence-electron chi connectivity index (χ4n) is 3.82. The van der Waals surface area contributed by atoms with Gasteiger partial charge in [-0.15, -0.1) is 0 Å². The normalized spacial score (nSPS) is 17.0. The largest absolute Gasteiger partial charge is 0.373 e. The fourth-order valence-corrected chi connectivity index (χ4v) is 3.82. The number of pyridine rings is 2. The summed E-state index contributed by atoms with van der Waals surface area (Å²) in [4.78, 5) is 24.0. The number of anilines is 1. The van der Waals surface area contributed by atoms with Crippen molar-refractivity contribution in [3.05, 3.63) is 59.7 Å². The number of rotatable bonds is 4. The van der Waals surface area contributed by atoms with Crippen LogP contribution in [0.15, 0.2) is 42.7 Å². The van der Waals surface area contributed by atoms with Crippen molar-refractivity contribution in [2.24, 2.45) is 0 Å². The Labute approximate surface area is 152 Å². The fraction of sp³-hybridized carbons (Fsp3) is 0.350. The maximum Gasteiger partial charge on any atom is 0.229 e. The molecule has 0 unspecified atom stereocenters. The van der Waals surface area contributed by atoms with Gasteiger partial charge in [0.05, 0.1) is 23.9 Å². The van der Waals surface area contributed by atoms with E-state index in [4.69, 9.17) is 0 Å². The first kappa shape index (κ1) is 16.6. The van der Waals surface area contributed by atoms with Crippen molar-refractivity contribution in [2.75, 3.05) is 18.9 Å². The second-order valence-corrected chi connectivity index (χ2v) is 6.72. The molecule has 1 aliphatic heterocycles. The third-order valence-corrected chi connectivity index (χ3v) is 5.15. The Kier molecular flexibility index (Phi) is 4.32. The lowest BCUT2D eigenvalue weighted by Crippen LogP contribution is -2.32. The van der Waals surface area contributed by atoms with Crippen LogP contribution < -0.4 is 5.32 Å². The van der Waals surface area contributed by atoms with Crippen molar-refractivity contribution in [2.45, 2.75) is 32.2 Å². The van der Waals surface area contributed by atoms with Gasteiger partial charge in [-0.1, -0.05) is 6.07 Å². The molecule has 26 heavy (non-hydrogen) atoms. The molecule has 1 saturated heterocycles. The molecule has 0 aromatic carbocycles. The molecule has 1 N–H and O–H groups in total. The standard InChI is InChI=1S/C20H23N5O/c1-14-17(24-10-4-3-7-19(24)23-14)13-20(26)25-11-5-6-16(25)15-8-9-22-18(12-15)21-2/h3-4,7-10,12,16H,5-6,11,13H2,1-2H3,(H,21,22)/t16-/m0/s1. The van der Waals surface area contributed by atoms with E-state index >= 15 is 0 Å². The highest BCUT2D eigenvalue weighted by molar-refractivity contribution is 5.79. The maximum absolute atomic E-state index is 13.1. The summed E-state index contributed by atoms with van der Waals surface area (Å²) in [5, 5.41) is 3.07. The molecule has 4 heterocycles. The van der Waals surface area contributed by atoms with Crippen LogP contribution in [0.4, 0.5) is 5.82 Å². The minimum atomic E-state index is 0.122. The minimum Gasteiger partial charge on any atom is -0.373 e. The second-order valence-electron chi connectivity index (χ2n) is 6.72. The summed E-state index contributed by atoms with van der Waals surface area (Å²) in [5.41, 5.74) is 3.92. The first-order valence-corrected chi connectivity index (χ1v) is 9.03. The van der Waals surface area contributed by atoms with Gasteiger partial charge < -0.3 is 14.6 Å². The average molecular weight is 349 g/mol. The van der Waals surface area contributed by atoms with E-state index in [-0.39, 0.29) is 11.9 Å². The molecule has 0 bridgehead atoms. The monoisotopic (exact) mass is 349 g/mol. The van der Waals surface area contributed by atoms with E-state index in [0.717, 1.165) is 47.8 Å². The van der Waals surface area contributed by atoms with Gasteiger partial charge in [-0.2, -0.15) is 0 Å². The Balaban J connectivity index is 1.59. The smallest absolute Gasteiger partial charge is 0.229 e. The van der Waals surface area contributed by atoms with Gasteiger partial charge in [0.1, 0.15) is 11.5 Å². The van der Waals surface area contributed by atoms with Crippen LogP contribution in [0.25, 0.3) is 5.65 Å². The summed E-state index contributed by atoms with van der Waals surface area (Å²) < 4.78 is 2.02. The number of nitrogens with zero attached hydrogens (tertiary/aromatic N) is 4. The van der Waals surface area contributed by atoms with Gasteiger partial charge in [0.15, 0.2) is 0 Å². The SMILES string of the molecule is CNc1cc([C@@H]2CCCN2C(=O)Cc2c(C)nc3ccccn23)ccn1. The number of aromatic nitrogens is 3. The van der Waals surface area contributed by atoms with Gasteiger partial charge in [-0.05, 0) is 49.6 Å². The van der Waals surface area contributed by atoms with Crippen molar-refractivity contribution < 1.29 is 4.79 Å². The third-order valence-electron chi connectivity index (χ3n) is 5.15. The number of aryl methyl sites for hydroxylation is 1. The van der Waals surface area contributed by atoms with Gasteiger partial charge in [-0.25, -0.2) is 9.97 Å². The van der Waals surface area contributed by atoms with E-state index in [9.17, 15) is 4.79 Å². The predicted octanol–water partition coefficient (Wildman–Crippen LogP) is 2.99. The number of carbonyl (C=O) groups is 1. The van der Waals surface area contributed by atoms with Crippen molar-refractivity contribution >= 4 is 17.4 Å². The molecule has 0 radical (unpaired) electrons. The lowest BCUT2D eigenvalue weighted by molar-refractivity contribution is -0.131. The summed E-state index contributed by atoms with van der Waals surface area (Å²) in [6.07, 6.45) is 6.17. The number of amides is 1. The Morgan fingerprint density at radius 2 is 2.23 bits per heavy atom. The van der Waals surface area contributed by atoms with Crippen LogP contribution >= 0.6 is 0 Å². The highest BCUT2D eigenvalue weighted by atomic mass is 16.2. The number of hydrogen-bond donors (Lipinski definition) is 1. The molecular weight excluding hydrogens is 326 g/mol. The second kappa shape index (κ2) is 6.78. The van der Waals surface area contributed by atoms with E-state index in [1.807, 2.05) is 59.8 Å². The molecule has 3 aromatic rings. The van der Waals surface area contributed by atoms with Crippen LogP contribution in [0.3, 0.4) is 0 Å². The number of fused-ring (bicyclic) bond motifs is 1. The van der Waals surface area contributed by atoms with Gasteiger partial charge in [0, 0.05) is 26.0 Å². The van der Waals surface area contributed by atoms with E-state index in [2.05, 4.69) is 15.3 Å². The summed E-state index contributed by atoms with van der Waals surface area (Å²) >= 11 is 0. The van der Waals surface area contributed by atoms with Crippen LogP contribution in [0, 0.1) is 6.92 Å². The van der Waals surface area contributed by atoms with Crippen LogP contribution in [-0.2, 0) is 11.2 Å². The van der Waals surface area contributed by atoms with Crippen molar-refractivity contribution in [3.63, 3.8) is 0 Å². The molecule has 6 nitrogen and oxygen atoms in total. The molecular formula is C20H23N5O. The molecule has 0 spiro atoms. The molecule has 6 heteroatoms. The third kappa shape index (κ3) is 2.92. The van der Waals surface area contributed by atoms with E-state index in [1.165, 1.54) is 0 Å². The lowest BCUT2D eigenvalue weighted by Gasteiger charge is -2.25. The first-order chi connectivity index (χ1) is 12.7. The van der Waals surface area contributed by atoms with Gasteiger partial charge in [-0.3, -0.25) is 4.79 Å². The summed E-state index contributed by atoms with van der Waals surface area (Å²) in [5.74, 6) is 0.989. The van der Waals surface area contributed by atoms with E-state index in [0.29, 0.717) is 6.42 Å².